The summed E-state index contributed by atoms with van der Waals surface area (Å²) >= 11 is 0. The summed E-state index contributed by atoms with van der Waals surface area (Å²) in [5, 5.41) is 0. The van der Waals surface area contributed by atoms with Gasteiger partial charge < -0.3 is 16.4 Å². The fraction of sp³-hybridized carbons (Fsp3) is 0.538. The van der Waals surface area contributed by atoms with Crippen molar-refractivity contribution in [2.24, 2.45) is 5.73 Å². The van der Waals surface area contributed by atoms with E-state index in [1.54, 1.807) is 0 Å². The zero-order valence-corrected chi connectivity index (χ0v) is 12.1. The predicted molar refractivity (Wildman–Crippen MR) is 73.9 cm³/mol. The molecule has 0 radical (unpaired) electrons. The Morgan fingerprint density at radius 2 is 2.04 bits per heavy atom. The van der Waals surface area contributed by atoms with E-state index < -0.39 is 41.2 Å². The molecule has 2 amide bonds. The molecule has 7 nitrogen and oxygen atoms in total. The fourth-order valence-corrected chi connectivity index (χ4v) is 2.64. The van der Waals surface area contributed by atoms with Crippen LogP contribution >= 0.6 is 0 Å². The van der Waals surface area contributed by atoms with Crippen molar-refractivity contribution in [3.8, 4) is 0 Å². The molecule has 4 N–H and O–H groups in total. The van der Waals surface area contributed by atoms with Gasteiger partial charge in [-0.15, -0.1) is 0 Å². The van der Waals surface area contributed by atoms with Crippen LogP contribution in [0.3, 0.4) is 0 Å². The van der Waals surface area contributed by atoms with Crippen molar-refractivity contribution in [1.29, 1.82) is 0 Å². The summed E-state index contributed by atoms with van der Waals surface area (Å²) < 4.78 is 39.2. The summed E-state index contributed by atoms with van der Waals surface area (Å²) in [5.41, 5.74) is 8.28. The van der Waals surface area contributed by atoms with Gasteiger partial charge in [0.25, 0.3) is 5.91 Å². The molecule has 1 aliphatic heterocycles. The number of nitrogens with zero attached hydrogens (tertiary/aromatic N) is 3. The SMILES string of the molecule is NC(=O)CC1CCCCN1C(=O)c1cnc(N)nc1C(F)(F)F. The molecule has 1 aromatic heterocycles. The van der Waals surface area contributed by atoms with Crippen LogP contribution in [0.15, 0.2) is 6.20 Å². The van der Waals surface area contributed by atoms with E-state index in [9.17, 15) is 22.8 Å². The van der Waals surface area contributed by atoms with Crippen LogP contribution in [0, 0.1) is 0 Å². The van der Waals surface area contributed by atoms with Crippen LogP contribution in [0.5, 0.6) is 0 Å². The monoisotopic (exact) mass is 331 g/mol. The molecule has 2 rings (SSSR count). The van der Waals surface area contributed by atoms with Gasteiger partial charge in [-0.1, -0.05) is 0 Å². The Kier molecular flexibility index (Phi) is 4.71. The number of hydrogen-bond donors (Lipinski definition) is 2. The number of primary amides is 1. The van der Waals surface area contributed by atoms with Crippen LogP contribution in [0.2, 0.25) is 0 Å². The molecular formula is C13H16F3N5O2. The standard InChI is InChI=1S/C13H16F3N5O2/c14-13(15,16)10-8(6-19-12(18)20-10)11(23)21-4-2-1-3-7(21)5-9(17)22/h6-7H,1-5H2,(H2,17,22)(H2,18,19,20). The summed E-state index contributed by atoms with van der Waals surface area (Å²) in [6.45, 7) is 0.248. The van der Waals surface area contributed by atoms with Crippen molar-refractivity contribution in [1.82, 2.24) is 14.9 Å². The maximum absolute atomic E-state index is 13.1. The molecule has 23 heavy (non-hydrogen) atoms. The number of nitrogens with two attached hydrogens (primary N) is 2. The van der Waals surface area contributed by atoms with Gasteiger partial charge in [0.15, 0.2) is 5.69 Å². The first kappa shape index (κ1) is 17.0. The zero-order chi connectivity index (χ0) is 17.2. The number of likely N-dealkylation sites (tertiary alicyclic amines) is 1. The number of alkyl halides is 3. The second-order valence-electron chi connectivity index (χ2n) is 5.31. The summed E-state index contributed by atoms with van der Waals surface area (Å²) in [6.07, 6.45) is -2.25. The second-order valence-corrected chi connectivity index (χ2v) is 5.31. The van der Waals surface area contributed by atoms with Crippen LogP contribution in [0.25, 0.3) is 0 Å². The molecule has 0 spiro atoms. The van der Waals surface area contributed by atoms with E-state index in [1.807, 2.05) is 0 Å². The van der Waals surface area contributed by atoms with Gasteiger partial charge in [0.05, 0.1) is 5.56 Å². The van der Waals surface area contributed by atoms with Crippen LogP contribution < -0.4 is 11.5 Å². The third-order valence-corrected chi connectivity index (χ3v) is 3.63. The Labute approximate surface area is 129 Å². The van der Waals surface area contributed by atoms with E-state index >= 15 is 0 Å². The number of rotatable bonds is 3. The Balaban J connectivity index is 2.37. The summed E-state index contributed by atoms with van der Waals surface area (Å²) in [7, 11) is 0. The number of anilines is 1. The van der Waals surface area contributed by atoms with E-state index in [0.717, 1.165) is 12.6 Å². The van der Waals surface area contributed by atoms with Gasteiger partial charge in [-0.2, -0.15) is 13.2 Å². The molecule has 0 saturated carbocycles. The molecule has 10 heteroatoms. The molecule has 0 bridgehead atoms. The first-order chi connectivity index (χ1) is 10.7. The van der Waals surface area contributed by atoms with Gasteiger partial charge in [0.2, 0.25) is 11.9 Å². The normalized spacial score (nSPS) is 18.7. The molecule has 1 unspecified atom stereocenters. The number of aromatic nitrogens is 2. The van der Waals surface area contributed by atoms with Crippen LogP contribution in [-0.2, 0) is 11.0 Å². The molecule has 0 aliphatic carbocycles. The Bertz CT molecular complexity index is 620. The van der Waals surface area contributed by atoms with Crippen molar-refractivity contribution in [2.45, 2.75) is 37.9 Å². The quantitative estimate of drug-likeness (QED) is 0.855. The average molecular weight is 331 g/mol. The number of carbonyl (C=O) groups excluding carboxylic acids is 2. The Morgan fingerprint density at radius 1 is 1.35 bits per heavy atom. The highest BCUT2D eigenvalue weighted by molar-refractivity contribution is 5.96. The molecule has 1 aromatic rings. The van der Waals surface area contributed by atoms with Crippen molar-refractivity contribution in [2.75, 3.05) is 12.3 Å². The summed E-state index contributed by atoms with van der Waals surface area (Å²) in [4.78, 5) is 31.5. The van der Waals surface area contributed by atoms with Gasteiger partial charge in [-0.05, 0) is 19.3 Å². The lowest BCUT2D eigenvalue weighted by Gasteiger charge is -2.35. The van der Waals surface area contributed by atoms with Crippen LogP contribution in [-0.4, -0.2) is 39.3 Å². The van der Waals surface area contributed by atoms with E-state index in [1.165, 1.54) is 4.90 Å². The average Bonchev–Trinajstić information content (AvgIpc) is 2.45. The number of amides is 2. The number of hydrogen-bond acceptors (Lipinski definition) is 5. The topological polar surface area (TPSA) is 115 Å². The molecular weight excluding hydrogens is 315 g/mol. The Hall–Kier alpha value is -2.39. The lowest BCUT2D eigenvalue weighted by molar-refractivity contribution is -0.141. The first-order valence-corrected chi connectivity index (χ1v) is 6.99. The lowest BCUT2D eigenvalue weighted by atomic mass is 9.98. The lowest BCUT2D eigenvalue weighted by Crippen LogP contribution is -2.46. The minimum atomic E-state index is -4.84. The van der Waals surface area contributed by atoms with Crippen molar-refractivity contribution in [3.63, 3.8) is 0 Å². The van der Waals surface area contributed by atoms with Gasteiger partial charge in [0.1, 0.15) is 0 Å². The number of piperidine rings is 1. The highest BCUT2D eigenvalue weighted by Crippen LogP contribution is 2.32. The number of nitrogen functional groups attached to an aromatic ring is 1. The van der Waals surface area contributed by atoms with Gasteiger partial charge >= 0.3 is 6.18 Å². The molecule has 0 aromatic carbocycles. The largest absolute Gasteiger partial charge is 0.434 e. The third-order valence-electron chi connectivity index (χ3n) is 3.63. The highest BCUT2D eigenvalue weighted by atomic mass is 19.4. The van der Waals surface area contributed by atoms with Crippen LogP contribution in [0.4, 0.5) is 19.1 Å². The summed E-state index contributed by atoms with van der Waals surface area (Å²) in [5.74, 6) is -2.05. The molecule has 1 fully saturated rings. The molecule has 1 atom stereocenters. The van der Waals surface area contributed by atoms with Crippen molar-refractivity contribution in [3.05, 3.63) is 17.5 Å². The van der Waals surface area contributed by atoms with Gasteiger partial charge in [-0.25, -0.2) is 9.97 Å². The van der Waals surface area contributed by atoms with E-state index in [0.29, 0.717) is 12.8 Å². The second kappa shape index (κ2) is 6.39. The van der Waals surface area contributed by atoms with Crippen LogP contribution in [0.1, 0.15) is 41.7 Å². The van der Waals surface area contributed by atoms with Gasteiger partial charge in [-0.3, -0.25) is 9.59 Å². The zero-order valence-electron chi connectivity index (χ0n) is 12.1. The fourth-order valence-electron chi connectivity index (χ4n) is 2.64. The third kappa shape index (κ3) is 3.88. The van der Waals surface area contributed by atoms with Crippen molar-refractivity contribution >= 4 is 17.8 Å². The predicted octanol–water partition coefficient (Wildman–Crippen LogP) is 0.948. The Morgan fingerprint density at radius 3 is 2.65 bits per heavy atom. The minimum Gasteiger partial charge on any atom is -0.370 e. The van der Waals surface area contributed by atoms with Gasteiger partial charge in [0, 0.05) is 25.2 Å². The van der Waals surface area contributed by atoms with E-state index in [4.69, 9.17) is 11.5 Å². The number of carbonyl (C=O) groups is 2. The summed E-state index contributed by atoms with van der Waals surface area (Å²) in [6, 6.07) is -0.521. The van der Waals surface area contributed by atoms with Crippen molar-refractivity contribution < 1.29 is 22.8 Å². The molecule has 2 heterocycles. The molecule has 1 aliphatic rings. The smallest absolute Gasteiger partial charge is 0.370 e. The first-order valence-electron chi connectivity index (χ1n) is 6.99. The maximum atomic E-state index is 13.1. The molecule has 126 valence electrons. The molecule has 1 saturated heterocycles. The maximum Gasteiger partial charge on any atom is 0.434 e. The highest BCUT2D eigenvalue weighted by Gasteiger charge is 2.40. The number of halogens is 3. The van der Waals surface area contributed by atoms with E-state index in [-0.39, 0.29) is 13.0 Å². The minimum absolute atomic E-state index is 0.0943. The van der Waals surface area contributed by atoms with E-state index in [2.05, 4.69) is 9.97 Å².